The molecule has 1 saturated heterocycles. The van der Waals surface area contributed by atoms with Crippen molar-refractivity contribution in [1.29, 1.82) is 0 Å². The number of ether oxygens (including phenoxy) is 1. The van der Waals surface area contributed by atoms with Crippen LogP contribution in [0.3, 0.4) is 0 Å². The van der Waals surface area contributed by atoms with Crippen molar-refractivity contribution in [1.82, 2.24) is 20.5 Å². The number of hydrogen-bond acceptors (Lipinski definition) is 5. The van der Waals surface area contributed by atoms with Gasteiger partial charge in [-0.25, -0.2) is 0 Å². The lowest BCUT2D eigenvalue weighted by molar-refractivity contribution is -0.121. The zero-order chi connectivity index (χ0) is 17.6. The lowest BCUT2D eigenvalue weighted by atomic mass is 10.2. The van der Waals surface area contributed by atoms with E-state index in [2.05, 4.69) is 20.5 Å². The fourth-order valence-corrected chi connectivity index (χ4v) is 2.83. The Bertz CT molecular complexity index is 802. The van der Waals surface area contributed by atoms with Gasteiger partial charge in [0.2, 0.25) is 5.91 Å². The minimum atomic E-state index is -0.350. The molecule has 1 aromatic carbocycles. The first-order valence-electron chi connectivity index (χ1n) is 8.22. The second-order valence-electron chi connectivity index (χ2n) is 5.90. The molecule has 25 heavy (non-hydrogen) atoms. The molecular weight excluding hydrogens is 344 g/mol. The standard InChI is InChI=1S/C17H19ClN4O3/c18-12-4-1-3-11(9-12)16-20-17(24)14(21-22-16)6-7-15(23)19-10-13-5-2-8-25-13/h1,3-4,9,13H,2,5-8,10H2,(H,19,23)(H,20,22,24). The predicted molar refractivity (Wildman–Crippen MR) is 93.4 cm³/mol. The molecule has 1 aliphatic rings. The zero-order valence-electron chi connectivity index (χ0n) is 13.6. The summed E-state index contributed by atoms with van der Waals surface area (Å²) in [6.45, 7) is 1.26. The van der Waals surface area contributed by atoms with Crippen molar-refractivity contribution >= 4 is 17.5 Å². The summed E-state index contributed by atoms with van der Waals surface area (Å²) >= 11 is 5.93. The lowest BCUT2D eigenvalue weighted by Gasteiger charge is -2.10. The van der Waals surface area contributed by atoms with E-state index in [1.807, 2.05) is 0 Å². The third-order valence-corrected chi connectivity index (χ3v) is 4.24. The van der Waals surface area contributed by atoms with Crippen LogP contribution in [0.1, 0.15) is 25.0 Å². The van der Waals surface area contributed by atoms with E-state index in [9.17, 15) is 9.59 Å². The minimum Gasteiger partial charge on any atom is -0.376 e. The average Bonchev–Trinajstić information content (AvgIpc) is 3.12. The van der Waals surface area contributed by atoms with Gasteiger partial charge in [-0.3, -0.25) is 9.59 Å². The first kappa shape index (κ1) is 17.6. The van der Waals surface area contributed by atoms with Crippen LogP contribution < -0.4 is 10.9 Å². The summed E-state index contributed by atoms with van der Waals surface area (Å²) in [5.41, 5.74) is 0.563. The number of nitrogens with zero attached hydrogens (tertiary/aromatic N) is 2. The molecule has 8 heteroatoms. The van der Waals surface area contributed by atoms with Crippen LogP contribution in [0.2, 0.25) is 5.02 Å². The molecule has 7 nitrogen and oxygen atoms in total. The fraction of sp³-hybridized carbons (Fsp3) is 0.412. The Balaban J connectivity index is 1.56. The Hall–Kier alpha value is -2.25. The topological polar surface area (TPSA) is 97.0 Å². The molecule has 1 fully saturated rings. The van der Waals surface area contributed by atoms with Crippen LogP contribution in [0, 0.1) is 0 Å². The van der Waals surface area contributed by atoms with Crippen molar-refractivity contribution in [2.24, 2.45) is 0 Å². The number of carbonyl (C=O) groups is 1. The van der Waals surface area contributed by atoms with Gasteiger partial charge in [-0.15, -0.1) is 10.2 Å². The van der Waals surface area contributed by atoms with E-state index in [1.165, 1.54) is 0 Å². The van der Waals surface area contributed by atoms with Crippen LogP contribution in [0.4, 0.5) is 0 Å². The quantitative estimate of drug-likeness (QED) is 0.815. The molecule has 0 radical (unpaired) electrons. The Morgan fingerprint density at radius 2 is 2.28 bits per heavy atom. The van der Waals surface area contributed by atoms with Gasteiger partial charge in [0.25, 0.3) is 5.56 Å². The number of benzene rings is 1. The highest BCUT2D eigenvalue weighted by molar-refractivity contribution is 6.30. The molecule has 1 unspecified atom stereocenters. The van der Waals surface area contributed by atoms with Gasteiger partial charge >= 0.3 is 0 Å². The van der Waals surface area contributed by atoms with Crippen LogP contribution in [0.25, 0.3) is 11.4 Å². The van der Waals surface area contributed by atoms with Crippen LogP contribution in [0.15, 0.2) is 29.1 Å². The lowest BCUT2D eigenvalue weighted by Crippen LogP contribution is -2.32. The molecule has 0 spiro atoms. The summed E-state index contributed by atoms with van der Waals surface area (Å²) in [5, 5.41) is 11.3. The largest absolute Gasteiger partial charge is 0.376 e. The van der Waals surface area contributed by atoms with E-state index in [4.69, 9.17) is 16.3 Å². The number of rotatable bonds is 6. The minimum absolute atomic E-state index is 0.101. The summed E-state index contributed by atoms with van der Waals surface area (Å²) in [5.74, 6) is 0.217. The van der Waals surface area contributed by atoms with E-state index in [0.717, 1.165) is 19.4 Å². The van der Waals surface area contributed by atoms with Gasteiger partial charge < -0.3 is 15.0 Å². The van der Waals surface area contributed by atoms with E-state index < -0.39 is 0 Å². The molecule has 132 valence electrons. The molecule has 1 amide bonds. The van der Waals surface area contributed by atoms with Gasteiger partial charge in [0.1, 0.15) is 5.69 Å². The van der Waals surface area contributed by atoms with Gasteiger partial charge in [-0.2, -0.15) is 0 Å². The molecule has 2 heterocycles. The maximum atomic E-state index is 12.1. The summed E-state index contributed by atoms with van der Waals surface area (Å²) in [7, 11) is 0. The molecule has 0 aliphatic carbocycles. The highest BCUT2D eigenvalue weighted by Gasteiger charge is 2.16. The Labute approximate surface area is 149 Å². The predicted octanol–water partition coefficient (Wildman–Crippen LogP) is 1.71. The van der Waals surface area contributed by atoms with Crippen LogP contribution in [-0.4, -0.2) is 40.3 Å². The van der Waals surface area contributed by atoms with Gasteiger partial charge in [0.05, 0.1) is 6.10 Å². The molecule has 1 atom stereocenters. The normalized spacial score (nSPS) is 16.8. The van der Waals surface area contributed by atoms with Gasteiger partial charge in [0, 0.05) is 36.6 Å². The number of hydrogen-bond donors (Lipinski definition) is 2. The molecule has 1 aliphatic heterocycles. The second-order valence-corrected chi connectivity index (χ2v) is 6.34. The van der Waals surface area contributed by atoms with Gasteiger partial charge in [-0.05, 0) is 25.0 Å². The smallest absolute Gasteiger partial charge is 0.273 e. The summed E-state index contributed by atoms with van der Waals surface area (Å²) in [6.07, 6.45) is 2.52. The third kappa shape index (κ3) is 4.87. The van der Waals surface area contributed by atoms with E-state index in [1.54, 1.807) is 24.3 Å². The zero-order valence-corrected chi connectivity index (χ0v) is 14.4. The Morgan fingerprint density at radius 1 is 1.40 bits per heavy atom. The molecule has 3 rings (SSSR count). The van der Waals surface area contributed by atoms with Crippen molar-refractivity contribution in [2.75, 3.05) is 13.2 Å². The van der Waals surface area contributed by atoms with E-state index >= 15 is 0 Å². The molecule has 0 bridgehead atoms. The summed E-state index contributed by atoms with van der Waals surface area (Å²) in [4.78, 5) is 26.7. The van der Waals surface area contributed by atoms with E-state index in [0.29, 0.717) is 23.0 Å². The summed E-state index contributed by atoms with van der Waals surface area (Å²) < 4.78 is 5.45. The molecule has 2 N–H and O–H groups in total. The fourth-order valence-electron chi connectivity index (χ4n) is 2.64. The van der Waals surface area contributed by atoms with Crippen molar-refractivity contribution in [3.8, 4) is 11.4 Å². The number of aryl methyl sites for hydroxylation is 1. The van der Waals surface area contributed by atoms with Crippen LogP contribution >= 0.6 is 11.6 Å². The first-order chi connectivity index (χ1) is 12.1. The Morgan fingerprint density at radius 3 is 3.00 bits per heavy atom. The summed E-state index contributed by atoms with van der Waals surface area (Å²) in [6, 6.07) is 6.98. The molecular formula is C17H19ClN4O3. The van der Waals surface area contributed by atoms with Crippen molar-refractivity contribution in [3.63, 3.8) is 0 Å². The average molecular weight is 363 g/mol. The SMILES string of the molecule is O=C(CCc1nnc(-c2cccc(Cl)c2)[nH]c1=O)NCC1CCCO1. The maximum Gasteiger partial charge on any atom is 0.273 e. The van der Waals surface area contributed by atoms with Crippen molar-refractivity contribution < 1.29 is 9.53 Å². The van der Waals surface area contributed by atoms with E-state index in [-0.39, 0.29) is 36.1 Å². The van der Waals surface area contributed by atoms with Crippen LogP contribution in [-0.2, 0) is 16.0 Å². The van der Waals surface area contributed by atoms with Crippen molar-refractivity contribution in [2.45, 2.75) is 31.8 Å². The number of halogens is 1. The van der Waals surface area contributed by atoms with Gasteiger partial charge in [0.15, 0.2) is 5.82 Å². The number of H-pyrrole nitrogens is 1. The number of nitrogens with one attached hydrogen (secondary N) is 2. The monoisotopic (exact) mass is 362 g/mol. The molecule has 2 aromatic rings. The number of aromatic amines is 1. The van der Waals surface area contributed by atoms with Crippen LogP contribution in [0.5, 0.6) is 0 Å². The second kappa shape index (κ2) is 8.22. The molecule has 0 saturated carbocycles. The van der Waals surface area contributed by atoms with Gasteiger partial charge in [-0.1, -0.05) is 23.7 Å². The first-order valence-corrected chi connectivity index (χ1v) is 8.60. The molecule has 1 aromatic heterocycles. The number of amides is 1. The number of carbonyl (C=O) groups excluding carboxylic acids is 1. The highest BCUT2D eigenvalue weighted by Crippen LogP contribution is 2.17. The number of aromatic nitrogens is 3. The maximum absolute atomic E-state index is 12.1. The third-order valence-electron chi connectivity index (χ3n) is 4.00. The highest BCUT2D eigenvalue weighted by atomic mass is 35.5. The van der Waals surface area contributed by atoms with Crippen molar-refractivity contribution in [3.05, 3.63) is 45.3 Å². The Kier molecular flexibility index (Phi) is 5.78.